The fourth-order valence-electron chi connectivity index (χ4n) is 4.20. The van der Waals surface area contributed by atoms with Crippen molar-refractivity contribution in [3.63, 3.8) is 0 Å². The lowest BCUT2D eigenvalue weighted by molar-refractivity contribution is -0.121. The van der Waals surface area contributed by atoms with Crippen molar-refractivity contribution in [3.05, 3.63) is 64.0 Å². The third-order valence-electron chi connectivity index (χ3n) is 5.99. The maximum atomic E-state index is 12.8. The lowest BCUT2D eigenvalue weighted by Crippen LogP contribution is -2.41. The summed E-state index contributed by atoms with van der Waals surface area (Å²) in [5.74, 6) is 0.833. The quantitative estimate of drug-likeness (QED) is 0.635. The molecule has 32 heavy (non-hydrogen) atoms. The van der Waals surface area contributed by atoms with Gasteiger partial charge in [0.05, 0.1) is 0 Å². The first-order chi connectivity index (χ1) is 15.5. The van der Waals surface area contributed by atoms with E-state index in [-0.39, 0.29) is 24.5 Å². The van der Waals surface area contributed by atoms with Gasteiger partial charge in [0.25, 0.3) is 5.91 Å². The molecule has 2 amide bonds. The Labute approximate surface area is 183 Å². The highest BCUT2D eigenvalue weighted by molar-refractivity contribution is 5.96. The number of rotatable bonds is 3. The summed E-state index contributed by atoms with van der Waals surface area (Å²) in [7, 11) is 0. The van der Waals surface area contributed by atoms with E-state index < -0.39 is 5.63 Å². The Morgan fingerprint density at radius 2 is 1.78 bits per heavy atom. The van der Waals surface area contributed by atoms with Crippen molar-refractivity contribution in [3.8, 4) is 11.5 Å². The summed E-state index contributed by atoms with van der Waals surface area (Å²) in [6, 6.07) is 11.9. The first-order valence-electron chi connectivity index (χ1n) is 10.5. The summed E-state index contributed by atoms with van der Waals surface area (Å²) < 4.78 is 15.9. The standard InChI is InChI=1S/C24H22N2O6/c1-14-10-22(27)32-20-12-17(3-4-18(14)20)25-23(28)15-6-8-26(9-7-15)24(29)16-2-5-19-21(11-16)31-13-30-19/h2-5,10-12,15H,6-9,13H2,1H3,(H,25,28). The number of hydrogen-bond acceptors (Lipinski definition) is 6. The number of nitrogens with one attached hydrogen (secondary N) is 1. The number of carbonyl (C=O) groups is 2. The average Bonchev–Trinajstić information content (AvgIpc) is 3.26. The molecule has 1 saturated heterocycles. The van der Waals surface area contributed by atoms with E-state index in [1.807, 2.05) is 13.0 Å². The lowest BCUT2D eigenvalue weighted by Gasteiger charge is -2.31. The average molecular weight is 434 g/mol. The van der Waals surface area contributed by atoms with E-state index >= 15 is 0 Å². The van der Waals surface area contributed by atoms with Gasteiger partial charge in [0.2, 0.25) is 12.7 Å². The van der Waals surface area contributed by atoms with E-state index in [0.29, 0.717) is 54.3 Å². The Hall–Kier alpha value is -3.81. The lowest BCUT2D eigenvalue weighted by atomic mass is 9.95. The molecule has 0 bridgehead atoms. The van der Waals surface area contributed by atoms with Crippen molar-refractivity contribution in [2.45, 2.75) is 19.8 Å². The molecule has 1 aromatic heterocycles. The third-order valence-corrected chi connectivity index (χ3v) is 5.99. The van der Waals surface area contributed by atoms with Crippen LogP contribution in [0.4, 0.5) is 5.69 Å². The summed E-state index contributed by atoms with van der Waals surface area (Å²) in [5, 5.41) is 3.74. The molecule has 3 heterocycles. The Kier molecular flexibility index (Phi) is 5.05. The van der Waals surface area contributed by atoms with Gasteiger partial charge in [0, 0.05) is 47.8 Å². The molecule has 2 aliphatic rings. The van der Waals surface area contributed by atoms with Crippen LogP contribution in [0.1, 0.15) is 28.8 Å². The zero-order chi connectivity index (χ0) is 22.2. The van der Waals surface area contributed by atoms with Gasteiger partial charge in [-0.3, -0.25) is 9.59 Å². The Balaban J connectivity index is 1.21. The molecule has 0 aliphatic carbocycles. The number of hydrogen-bond donors (Lipinski definition) is 1. The molecule has 1 fully saturated rings. The highest BCUT2D eigenvalue weighted by atomic mass is 16.7. The predicted octanol–water partition coefficient (Wildman–Crippen LogP) is 3.32. The SMILES string of the molecule is Cc1cc(=O)oc2cc(NC(=O)C3CCN(C(=O)c4ccc5c(c4)OCO5)CC3)ccc12. The number of ether oxygens (including phenoxy) is 2. The van der Waals surface area contributed by atoms with Gasteiger partial charge in [-0.1, -0.05) is 0 Å². The topological polar surface area (TPSA) is 98.1 Å². The number of amides is 2. The van der Waals surface area contributed by atoms with Crippen LogP contribution in [-0.2, 0) is 4.79 Å². The smallest absolute Gasteiger partial charge is 0.336 e. The molecule has 0 radical (unpaired) electrons. The minimum absolute atomic E-state index is 0.0814. The van der Waals surface area contributed by atoms with E-state index in [1.54, 1.807) is 35.2 Å². The molecule has 5 rings (SSSR count). The second-order valence-corrected chi connectivity index (χ2v) is 8.08. The van der Waals surface area contributed by atoms with Crippen LogP contribution < -0.4 is 20.4 Å². The van der Waals surface area contributed by atoms with Crippen molar-refractivity contribution in [1.82, 2.24) is 4.90 Å². The summed E-state index contributed by atoms with van der Waals surface area (Å²) >= 11 is 0. The fourth-order valence-corrected chi connectivity index (χ4v) is 4.20. The second kappa shape index (κ2) is 8.03. The molecule has 0 atom stereocenters. The van der Waals surface area contributed by atoms with Crippen molar-refractivity contribution in [1.29, 1.82) is 0 Å². The molecule has 2 aromatic carbocycles. The number of benzene rings is 2. The molecular formula is C24H22N2O6. The van der Waals surface area contributed by atoms with Crippen LogP contribution >= 0.6 is 0 Å². The van der Waals surface area contributed by atoms with Gasteiger partial charge in [-0.2, -0.15) is 0 Å². The summed E-state index contributed by atoms with van der Waals surface area (Å²) in [5.41, 5.74) is 1.98. The van der Waals surface area contributed by atoms with Gasteiger partial charge >= 0.3 is 5.63 Å². The number of carbonyl (C=O) groups excluding carboxylic acids is 2. The van der Waals surface area contributed by atoms with E-state index in [0.717, 1.165) is 10.9 Å². The summed E-state index contributed by atoms with van der Waals surface area (Å²) in [4.78, 5) is 39.0. The highest BCUT2D eigenvalue weighted by Crippen LogP contribution is 2.33. The molecular weight excluding hydrogens is 412 g/mol. The van der Waals surface area contributed by atoms with Crippen LogP contribution in [0.5, 0.6) is 11.5 Å². The van der Waals surface area contributed by atoms with Gasteiger partial charge in [-0.05, 0) is 55.7 Å². The van der Waals surface area contributed by atoms with Crippen molar-refractivity contribution in [2.24, 2.45) is 5.92 Å². The molecule has 3 aromatic rings. The van der Waals surface area contributed by atoms with Crippen LogP contribution in [0.3, 0.4) is 0 Å². The number of likely N-dealkylation sites (tertiary alicyclic amines) is 1. The number of aryl methyl sites for hydroxylation is 1. The van der Waals surface area contributed by atoms with Crippen molar-refractivity contribution >= 4 is 28.5 Å². The fraction of sp³-hybridized carbons (Fsp3) is 0.292. The number of piperidine rings is 1. The van der Waals surface area contributed by atoms with Crippen LogP contribution in [0.15, 0.2) is 51.7 Å². The molecule has 164 valence electrons. The van der Waals surface area contributed by atoms with E-state index in [9.17, 15) is 14.4 Å². The van der Waals surface area contributed by atoms with Gasteiger partial charge in [0.15, 0.2) is 11.5 Å². The van der Waals surface area contributed by atoms with E-state index in [2.05, 4.69) is 5.32 Å². The molecule has 0 saturated carbocycles. The van der Waals surface area contributed by atoms with Gasteiger partial charge in [-0.15, -0.1) is 0 Å². The van der Waals surface area contributed by atoms with Crippen molar-refractivity contribution < 1.29 is 23.5 Å². The maximum absolute atomic E-state index is 12.8. The Morgan fingerprint density at radius 3 is 2.59 bits per heavy atom. The number of nitrogens with zero attached hydrogens (tertiary/aromatic N) is 1. The highest BCUT2D eigenvalue weighted by Gasteiger charge is 2.28. The van der Waals surface area contributed by atoms with Gasteiger partial charge in [-0.25, -0.2) is 4.79 Å². The van der Waals surface area contributed by atoms with E-state index in [1.165, 1.54) is 6.07 Å². The molecule has 2 aliphatic heterocycles. The maximum Gasteiger partial charge on any atom is 0.336 e. The Morgan fingerprint density at radius 1 is 1.00 bits per heavy atom. The molecule has 0 spiro atoms. The van der Waals surface area contributed by atoms with Crippen molar-refractivity contribution in [2.75, 3.05) is 25.2 Å². The normalized spacial score (nSPS) is 15.7. The second-order valence-electron chi connectivity index (χ2n) is 8.08. The predicted molar refractivity (Wildman–Crippen MR) is 117 cm³/mol. The summed E-state index contributed by atoms with van der Waals surface area (Å²) in [6.07, 6.45) is 1.15. The largest absolute Gasteiger partial charge is 0.454 e. The summed E-state index contributed by atoms with van der Waals surface area (Å²) in [6.45, 7) is 3.00. The monoisotopic (exact) mass is 434 g/mol. The number of fused-ring (bicyclic) bond motifs is 2. The Bertz CT molecular complexity index is 1270. The zero-order valence-corrected chi connectivity index (χ0v) is 17.6. The minimum atomic E-state index is -0.419. The molecule has 8 heteroatoms. The minimum Gasteiger partial charge on any atom is -0.454 e. The third kappa shape index (κ3) is 3.79. The first-order valence-corrected chi connectivity index (χ1v) is 10.5. The van der Waals surface area contributed by atoms with E-state index in [4.69, 9.17) is 13.9 Å². The van der Waals surface area contributed by atoms with Crippen LogP contribution in [-0.4, -0.2) is 36.6 Å². The molecule has 1 N–H and O–H groups in total. The van der Waals surface area contributed by atoms with Crippen LogP contribution in [0.25, 0.3) is 11.0 Å². The van der Waals surface area contributed by atoms with Crippen LogP contribution in [0, 0.1) is 12.8 Å². The molecule has 0 unspecified atom stereocenters. The first kappa shape index (κ1) is 20.1. The van der Waals surface area contributed by atoms with Gasteiger partial charge < -0.3 is 24.1 Å². The zero-order valence-electron chi connectivity index (χ0n) is 17.6. The van der Waals surface area contributed by atoms with Crippen LogP contribution in [0.2, 0.25) is 0 Å². The molecule has 8 nitrogen and oxygen atoms in total. The number of anilines is 1. The van der Waals surface area contributed by atoms with Gasteiger partial charge in [0.1, 0.15) is 5.58 Å².